The van der Waals surface area contributed by atoms with E-state index in [2.05, 4.69) is 15.9 Å². The zero-order valence-electron chi connectivity index (χ0n) is 13.6. The minimum absolute atomic E-state index is 0.200. The highest BCUT2D eigenvalue weighted by atomic mass is 79.9. The number of thioether (sulfide) groups is 1. The van der Waals surface area contributed by atoms with E-state index in [1.54, 1.807) is 24.3 Å². The summed E-state index contributed by atoms with van der Waals surface area (Å²) < 4.78 is 4.81. The molecule has 26 heavy (non-hydrogen) atoms. The number of imide groups is 1. The number of nitrogens with zero attached hydrogens (tertiary/aromatic N) is 2. The lowest BCUT2D eigenvalue weighted by molar-refractivity contribution is -0.152. The lowest BCUT2D eigenvalue weighted by Crippen LogP contribution is -2.71. The Kier molecular flexibility index (Phi) is 4.15. The molecule has 0 spiro atoms. The summed E-state index contributed by atoms with van der Waals surface area (Å²) in [6.07, 6.45) is 0. The van der Waals surface area contributed by atoms with Crippen molar-refractivity contribution in [1.82, 2.24) is 9.80 Å². The van der Waals surface area contributed by atoms with E-state index in [-0.39, 0.29) is 5.70 Å². The largest absolute Gasteiger partial charge is 0.464 e. The average Bonchev–Trinajstić information content (AvgIpc) is 2.91. The fourth-order valence-corrected chi connectivity index (χ4v) is 5.53. The summed E-state index contributed by atoms with van der Waals surface area (Å²) in [6.45, 7) is 0. The van der Waals surface area contributed by atoms with Gasteiger partial charge < -0.3 is 4.74 Å². The molecule has 1 aromatic carbocycles. The molecule has 0 unspecified atom stereocenters. The van der Waals surface area contributed by atoms with Gasteiger partial charge in [-0.2, -0.15) is 0 Å². The Hall–Kier alpha value is -2.13. The predicted molar refractivity (Wildman–Crippen MR) is 96.7 cm³/mol. The Balaban J connectivity index is 1.68. The quantitative estimate of drug-likeness (QED) is 0.308. The first-order valence-corrected chi connectivity index (χ1v) is 9.96. The van der Waals surface area contributed by atoms with Crippen LogP contribution in [0.4, 0.5) is 0 Å². The SMILES string of the molecule is COC(=O)C1=C(CBr)CS[C@@H]2[C@H](N3C(=O)c4ccccc4C3=O)C(=O)N12. The summed E-state index contributed by atoms with van der Waals surface area (Å²) in [7, 11) is 1.25. The lowest BCUT2D eigenvalue weighted by atomic mass is 10.0. The Labute approximate surface area is 161 Å². The van der Waals surface area contributed by atoms with Crippen LogP contribution in [0.5, 0.6) is 0 Å². The van der Waals surface area contributed by atoms with Crippen LogP contribution in [0.15, 0.2) is 35.5 Å². The first-order valence-electron chi connectivity index (χ1n) is 7.79. The van der Waals surface area contributed by atoms with Crippen molar-refractivity contribution < 1.29 is 23.9 Å². The van der Waals surface area contributed by atoms with Crippen molar-refractivity contribution in [3.05, 3.63) is 46.7 Å². The van der Waals surface area contributed by atoms with Gasteiger partial charge in [0.05, 0.1) is 18.2 Å². The molecule has 1 fully saturated rings. The second-order valence-electron chi connectivity index (χ2n) is 5.96. The van der Waals surface area contributed by atoms with Gasteiger partial charge in [0.1, 0.15) is 17.1 Å². The van der Waals surface area contributed by atoms with Gasteiger partial charge in [-0.1, -0.05) is 28.1 Å². The average molecular weight is 437 g/mol. The summed E-state index contributed by atoms with van der Waals surface area (Å²) >= 11 is 4.75. The molecule has 9 heteroatoms. The molecule has 3 amide bonds. The van der Waals surface area contributed by atoms with E-state index in [9.17, 15) is 19.2 Å². The fraction of sp³-hybridized carbons (Fsp3) is 0.294. The van der Waals surface area contributed by atoms with E-state index < -0.39 is 35.1 Å². The maximum Gasteiger partial charge on any atom is 0.354 e. The van der Waals surface area contributed by atoms with Crippen LogP contribution in [0.25, 0.3) is 0 Å². The minimum Gasteiger partial charge on any atom is -0.464 e. The van der Waals surface area contributed by atoms with Gasteiger partial charge in [-0.15, -0.1) is 11.8 Å². The zero-order valence-corrected chi connectivity index (χ0v) is 16.0. The molecule has 0 saturated carbocycles. The van der Waals surface area contributed by atoms with E-state index in [4.69, 9.17) is 4.74 Å². The highest BCUT2D eigenvalue weighted by Gasteiger charge is 2.60. The molecular formula is C17H13BrN2O5S. The first-order chi connectivity index (χ1) is 12.5. The highest BCUT2D eigenvalue weighted by Crippen LogP contribution is 2.44. The van der Waals surface area contributed by atoms with Crippen molar-refractivity contribution in [2.45, 2.75) is 11.4 Å². The molecule has 0 aliphatic carbocycles. The number of esters is 1. The van der Waals surface area contributed by atoms with Gasteiger partial charge in [0.2, 0.25) is 0 Å². The number of β-lactam (4-membered cyclic amide) rings is 1. The van der Waals surface area contributed by atoms with Gasteiger partial charge in [0.15, 0.2) is 0 Å². The molecule has 0 radical (unpaired) electrons. The molecule has 0 N–H and O–H groups in total. The first kappa shape index (κ1) is 17.3. The number of hydrogen-bond acceptors (Lipinski definition) is 6. The van der Waals surface area contributed by atoms with Crippen LogP contribution in [-0.4, -0.2) is 63.1 Å². The molecule has 1 saturated heterocycles. The molecule has 0 aromatic heterocycles. The van der Waals surface area contributed by atoms with Crippen LogP contribution in [0.2, 0.25) is 0 Å². The highest BCUT2D eigenvalue weighted by molar-refractivity contribution is 9.09. The van der Waals surface area contributed by atoms with E-state index >= 15 is 0 Å². The lowest BCUT2D eigenvalue weighted by Gasteiger charge is -2.51. The standard InChI is InChI=1S/C17H13BrN2O5S/c1-25-17(24)11-8(6-18)7-26-16-12(15(23)20(11)16)19-13(21)9-4-2-3-5-10(9)14(19)22/h2-5,12,16H,6-7H2,1H3/t12-,16-/m1/s1. The van der Waals surface area contributed by atoms with E-state index in [1.807, 2.05) is 0 Å². The number of rotatable bonds is 3. The van der Waals surface area contributed by atoms with E-state index in [0.29, 0.717) is 22.2 Å². The predicted octanol–water partition coefficient (Wildman–Crippen LogP) is 1.39. The number of carbonyl (C=O) groups is 4. The summed E-state index contributed by atoms with van der Waals surface area (Å²) in [5.41, 5.74) is 1.54. The van der Waals surface area contributed by atoms with Crippen LogP contribution in [0, 0.1) is 0 Å². The van der Waals surface area contributed by atoms with Crippen molar-refractivity contribution in [2.24, 2.45) is 0 Å². The molecule has 1 aromatic rings. The van der Waals surface area contributed by atoms with Crippen LogP contribution in [0.3, 0.4) is 0 Å². The van der Waals surface area contributed by atoms with Crippen molar-refractivity contribution in [1.29, 1.82) is 0 Å². The van der Waals surface area contributed by atoms with E-state index in [0.717, 1.165) is 10.5 Å². The minimum atomic E-state index is -0.913. The topological polar surface area (TPSA) is 84.0 Å². The number of halogens is 1. The monoisotopic (exact) mass is 436 g/mol. The number of amides is 3. The Morgan fingerprint density at radius 3 is 2.35 bits per heavy atom. The van der Waals surface area contributed by atoms with Crippen LogP contribution in [0.1, 0.15) is 20.7 Å². The molecule has 7 nitrogen and oxygen atoms in total. The zero-order chi connectivity index (χ0) is 18.6. The molecule has 4 rings (SSSR count). The van der Waals surface area contributed by atoms with Crippen molar-refractivity contribution in [3.63, 3.8) is 0 Å². The van der Waals surface area contributed by atoms with Gasteiger partial charge in [-0.25, -0.2) is 4.79 Å². The fourth-order valence-electron chi connectivity index (χ4n) is 3.42. The number of carbonyl (C=O) groups excluding carboxylic acids is 4. The van der Waals surface area contributed by atoms with Crippen LogP contribution in [-0.2, 0) is 14.3 Å². The normalized spacial score (nSPS) is 24.5. The third-order valence-electron chi connectivity index (χ3n) is 4.66. The summed E-state index contributed by atoms with van der Waals surface area (Å²) in [6, 6.07) is 5.60. The molecular weight excluding hydrogens is 424 g/mol. The third-order valence-corrected chi connectivity index (χ3v) is 6.66. The third kappa shape index (κ3) is 2.20. The summed E-state index contributed by atoms with van der Waals surface area (Å²) in [4.78, 5) is 52.7. The summed E-state index contributed by atoms with van der Waals surface area (Å²) in [5.74, 6) is -1.49. The van der Waals surface area contributed by atoms with Gasteiger partial charge in [0, 0.05) is 11.1 Å². The van der Waals surface area contributed by atoms with Crippen molar-refractivity contribution in [3.8, 4) is 0 Å². The second kappa shape index (κ2) is 6.24. The molecule has 0 bridgehead atoms. The summed E-state index contributed by atoms with van der Waals surface area (Å²) in [5, 5.41) is -0.0554. The van der Waals surface area contributed by atoms with Gasteiger partial charge in [0.25, 0.3) is 17.7 Å². The van der Waals surface area contributed by atoms with Crippen LogP contribution < -0.4 is 0 Å². The second-order valence-corrected chi connectivity index (χ2v) is 7.62. The number of alkyl halides is 1. The number of hydrogen-bond donors (Lipinski definition) is 0. The Morgan fingerprint density at radius 1 is 1.19 bits per heavy atom. The van der Waals surface area contributed by atoms with Gasteiger partial charge in [-0.05, 0) is 17.7 Å². The smallest absolute Gasteiger partial charge is 0.354 e. The number of fused-ring (bicyclic) bond motifs is 2. The maximum absolute atomic E-state index is 12.8. The number of methoxy groups -OCH3 is 1. The molecule has 3 aliphatic rings. The van der Waals surface area contributed by atoms with E-state index in [1.165, 1.54) is 23.8 Å². The Bertz CT molecular complexity index is 864. The number of ether oxygens (including phenoxy) is 1. The molecule has 134 valence electrons. The Morgan fingerprint density at radius 2 is 1.81 bits per heavy atom. The number of benzene rings is 1. The van der Waals surface area contributed by atoms with Crippen molar-refractivity contribution in [2.75, 3.05) is 18.2 Å². The molecule has 3 heterocycles. The van der Waals surface area contributed by atoms with Gasteiger partial charge >= 0.3 is 5.97 Å². The maximum atomic E-state index is 12.8. The van der Waals surface area contributed by atoms with Gasteiger partial charge in [-0.3, -0.25) is 24.2 Å². The van der Waals surface area contributed by atoms with Crippen molar-refractivity contribution >= 4 is 51.4 Å². The van der Waals surface area contributed by atoms with Crippen LogP contribution >= 0.6 is 27.7 Å². The molecule has 3 aliphatic heterocycles. The molecule has 2 atom stereocenters.